The van der Waals surface area contributed by atoms with Gasteiger partial charge in [-0.15, -0.1) is 0 Å². The van der Waals surface area contributed by atoms with Gasteiger partial charge in [0.1, 0.15) is 6.04 Å². The number of benzene rings is 1. The predicted molar refractivity (Wildman–Crippen MR) is 77.8 cm³/mol. The van der Waals surface area contributed by atoms with Crippen LogP contribution in [0.2, 0.25) is 0 Å². The summed E-state index contributed by atoms with van der Waals surface area (Å²) in [7, 11) is 0. The van der Waals surface area contributed by atoms with Crippen molar-refractivity contribution in [1.29, 1.82) is 0 Å². The van der Waals surface area contributed by atoms with E-state index in [9.17, 15) is 14.4 Å². The molecule has 0 radical (unpaired) electrons. The van der Waals surface area contributed by atoms with Gasteiger partial charge in [0.25, 0.3) is 5.91 Å². The lowest BCUT2D eigenvalue weighted by atomic mass is 10.1. The van der Waals surface area contributed by atoms with Crippen LogP contribution in [0.4, 0.5) is 0 Å². The Labute approximate surface area is 123 Å². The van der Waals surface area contributed by atoms with Crippen LogP contribution >= 0.6 is 0 Å². The Morgan fingerprint density at radius 2 is 1.86 bits per heavy atom. The second kappa shape index (κ2) is 8.04. The molecule has 0 saturated carbocycles. The molecule has 2 amide bonds. The monoisotopic (exact) mass is 292 g/mol. The van der Waals surface area contributed by atoms with E-state index in [2.05, 4.69) is 12.2 Å². The van der Waals surface area contributed by atoms with Crippen molar-refractivity contribution in [3.8, 4) is 0 Å². The molecule has 0 bridgehead atoms. The molecule has 0 saturated heterocycles. The zero-order chi connectivity index (χ0) is 15.8. The van der Waals surface area contributed by atoms with Gasteiger partial charge in [0.15, 0.2) is 0 Å². The number of nitrogens with one attached hydrogen (secondary N) is 1. The van der Waals surface area contributed by atoms with E-state index in [0.29, 0.717) is 5.56 Å². The third-order valence-electron chi connectivity index (χ3n) is 3.04. The van der Waals surface area contributed by atoms with Crippen molar-refractivity contribution in [2.75, 3.05) is 0 Å². The summed E-state index contributed by atoms with van der Waals surface area (Å²) in [4.78, 5) is 33.7. The maximum absolute atomic E-state index is 11.9. The number of carboxylic acids is 1. The SMILES string of the molecule is CCCCc1ccc(C(=O)N[C@H](CC(N)=O)C(=O)O)cc1. The number of hydrogen-bond acceptors (Lipinski definition) is 3. The Morgan fingerprint density at radius 3 is 2.33 bits per heavy atom. The van der Waals surface area contributed by atoms with Gasteiger partial charge in [-0.3, -0.25) is 9.59 Å². The van der Waals surface area contributed by atoms with E-state index in [0.717, 1.165) is 24.8 Å². The summed E-state index contributed by atoms with van der Waals surface area (Å²) in [6, 6.07) is 5.66. The highest BCUT2D eigenvalue weighted by atomic mass is 16.4. The van der Waals surface area contributed by atoms with Crippen molar-refractivity contribution in [2.24, 2.45) is 5.73 Å². The maximum atomic E-state index is 11.9. The summed E-state index contributed by atoms with van der Waals surface area (Å²) < 4.78 is 0. The molecule has 0 heterocycles. The number of carboxylic acid groups (broad SMARTS) is 1. The van der Waals surface area contributed by atoms with E-state index in [4.69, 9.17) is 10.8 Å². The van der Waals surface area contributed by atoms with Gasteiger partial charge in [0, 0.05) is 5.56 Å². The largest absolute Gasteiger partial charge is 0.480 e. The molecule has 0 unspecified atom stereocenters. The van der Waals surface area contributed by atoms with Crippen LogP contribution in [0.3, 0.4) is 0 Å². The average molecular weight is 292 g/mol. The highest BCUT2D eigenvalue weighted by Gasteiger charge is 2.22. The van der Waals surface area contributed by atoms with Crippen molar-refractivity contribution < 1.29 is 19.5 Å². The third-order valence-corrected chi connectivity index (χ3v) is 3.04. The van der Waals surface area contributed by atoms with Crippen molar-refractivity contribution in [3.63, 3.8) is 0 Å². The molecular formula is C15H20N2O4. The summed E-state index contributed by atoms with van der Waals surface area (Å²) in [6.07, 6.45) is 2.67. The van der Waals surface area contributed by atoms with Crippen molar-refractivity contribution in [3.05, 3.63) is 35.4 Å². The molecule has 114 valence electrons. The fraction of sp³-hybridized carbons (Fsp3) is 0.400. The minimum Gasteiger partial charge on any atom is -0.480 e. The number of carbonyl (C=O) groups is 3. The van der Waals surface area contributed by atoms with Crippen LogP contribution in [-0.4, -0.2) is 28.9 Å². The lowest BCUT2D eigenvalue weighted by Crippen LogP contribution is -2.43. The average Bonchev–Trinajstić information content (AvgIpc) is 2.44. The van der Waals surface area contributed by atoms with Gasteiger partial charge < -0.3 is 16.2 Å². The first kappa shape index (κ1) is 16.7. The third kappa shape index (κ3) is 5.64. The Morgan fingerprint density at radius 1 is 1.24 bits per heavy atom. The highest BCUT2D eigenvalue weighted by Crippen LogP contribution is 2.08. The summed E-state index contributed by atoms with van der Waals surface area (Å²) in [5.74, 6) is -2.61. The van der Waals surface area contributed by atoms with Crippen LogP contribution in [0.1, 0.15) is 42.1 Å². The van der Waals surface area contributed by atoms with Crippen LogP contribution in [0, 0.1) is 0 Å². The molecule has 0 aliphatic heterocycles. The number of hydrogen-bond donors (Lipinski definition) is 3. The number of amides is 2. The maximum Gasteiger partial charge on any atom is 0.326 e. The first-order chi connectivity index (χ1) is 9.93. The number of rotatable bonds is 8. The molecule has 21 heavy (non-hydrogen) atoms. The lowest BCUT2D eigenvalue weighted by molar-refractivity contribution is -0.140. The zero-order valence-corrected chi connectivity index (χ0v) is 12.0. The molecular weight excluding hydrogens is 272 g/mol. The summed E-state index contributed by atoms with van der Waals surface area (Å²) >= 11 is 0. The molecule has 0 spiro atoms. The van der Waals surface area contributed by atoms with E-state index in [-0.39, 0.29) is 0 Å². The smallest absolute Gasteiger partial charge is 0.326 e. The Bertz CT molecular complexity index is 511. The molecule has 1 aromatic carbocycles. The molecule has 1 aromatic rings. The van der Waals surface area contributed by atoms with Gasteiger partial charge in [-0.1, -0.05) is 25.5 Å². The Kier molecular flexibility index (Phi) is 6.39. The Hall–Kier alpha value is -2.37. The zero-order valence-electron chi connectivity index (χ0n) is 12.0. The second-order valence-corrected chi connectivity index (χ2v) is 4.84. The van der Waals surface area contributed by atoms with E-state index >= 15 is 0 Å². The molecule has 6 heteroatoms. The molecule has 1 rings (SSSR count). The van der Waals surface area contributed by atoms with Crippen LogP contribution < -0.4 is 11.1 Å². The number of nitrogens with two attached hydrogens (primary N) is 1. The summed E-state index contributed by atoms with van der Waals surface area (Å²) in [5, 5.41) is 11.2. The fourth-order valence-electron chi connectivity index (χ4n) is 1.85. The van der Waals surface area contributed by atoms with E-state index in [1.807, 2.05) is 12.1 Å². The van der Waals surface area contributed by atoms with Gasteiger partial charge >= 0.3 is 5.97 Å². The molecule has 0 fully saturated rings. The summed E-state index contributed by atoms with van der Waals surface area (Å²) in [5.41, 5.74) is 6.44. The van der Waals surface area contributed by atoms with E-state index < -0.39 is 30.2 Å². The minimum absolute atomic E-state index is 0.353. The van der Waals surface area contributed by atoms with Crippen LogP contribution in [0.5, 0.6) is 0 Å². The normalized spacial score (nSPS) is 11.7. The number of aliphatic carboxylic acids is 1. The quantitative estimate of drug-likeness (QED) is 0.666. The van der Waals surface area contributed by atoms with Crippen molar-refractivity contribution in [1.82, 2.24) is 5.32 Å². The van der Waals surface area contributed by atoms with E-state index in [1.165, 1.54) is 0 Å². The topological polar surface area (TPSA) is 109 Å². The predicted octanol–water partition coefficient (Wildman–Crippen LogP) is 1.09. The molecule has 1 atom stereocenters. The lowest BCUT2D eigenvalue weighted by Gasteiger charge is -2.13. The fourth-order valence-corrected chi connectivity index (χ4v) is 1.85. The standard InChI is InChI=1S/C15H20N2O4/c1-2-3-4-10-5-7-11(8-6-10)14(19)17-12(15(20)21)9-13(16)18/h5-8,12H,2-4,9H2,1H3,(H2,16,18)(H,17,19)(H,20,21)/t12-/m1/s1. The number of primary amides is 1. The van der Waals surface area contributed by atoms with Gasteiger partial charge in [0.2, 0.25) is 5.91 Å². The van der Waals surface area contributed by atoms with E-state index in [1.54, 1.807) is 12.1 Å². The Balaban J connectivity index is 2.69. The first-order valence-electron chi connectivity index (χ1n) is 6.85. The van der Waals surface area contributed by atoms with Crippen LogP contribution in [-0.2, 0) is 16.0 Å². The molecule has 6 nitrogen and oxygen atoms in total. The highest BCUT2D eigenvalue weighted by molar-refractivity contribution is 5.97. The van der Waals surface area contributed by atoms with Gasteiger partial charge in [-0.05, 0) is 30.5 Å². The molecule has 0 aliphatic carbocycles. The van der Waals surface area contributed by atoms with Crippen LogP contribution in [0.25, 0.3) is 0 Å². The minimum atomic E-state index is -1.31. The molecule has 0 aliphatic rings. The molecule has 0 aromatic heterocycles. The van der Waals surface area contributed by atoms with Gasteiger partial charge in [-0.25, -0.2) is 4.79 Å². The van der Waals surface area contributed by atoms with Crippen LogP contribution in [0.15, 0.2) is 24.3 Å². The number of carbonyl (C=O) groups excluding carboxylic acids is 2. The number of unbranched alkanes of at least 4 members (excludes halogenated alkanes) is 1. The number of aryl methyl sites for hydroxylation is 1. The summed E-state index contributed by atoms with van der Waals surface area (Å²) in [6.45, 7) is 2.10. The van der Waals surface area contributed by atoms with Gasteiger partial charge in [-0.2, -0.15) is 0 Å². The van der Waals surface area contributed by atoms with Crippen molar-refractivity contribution in [2.45, 2.75) is 38.6 Å². The van der Waals surface area contributed by atoms with Crippen molar-refractivity contribution >= 4 is 17.8 Å². The first-order valence-corrected chi connectivity index (χ1v) is 6.85. The molecule has 4 N–H and O–H groups in total. The van der Waals surface area contributed by atoms with Gasteiger partial charge in [0.05, 0.1) is 6.42 Å². The second-order valence-electron chi connectivity index (χ2n) is 4.84.